The van der Waals surface area contributed by atoms with Crippen LogP contribution in [-0.4, -0.2) is 21.1 Å². The molecule has 0 fully saturated rings. The Morgan fingerprint density at radius 2 is 1.87 bits per heavy atom. The third-order valence-electron chi connectivity index (χ3n) is 3.06. The minimum absolute atomic E-state index is 0.0307. The number of ether oxygens (including phenoxy) is 2. The second-order valence-electron chi connectivity index (χ2n) is 4.57. The second-order valence-corrected chi connectivity index (χ2v) is 7.55. The Labute approximate surface area is 145 Å². The van der Waals surface area contributed by atoms with Crippen LogP contribution in [0.2, 0.25) is 5.02 Å². The molecule has 0 bridgehead atoms. The maximum atomic E-state index is 12.3. The van der Waals surface area contributed by atoms with E-state index in [1.165, 1.54) is 36.4 Å². The molecule has 1 aliphatic rings. The molecule has 1 N–H and O–H groups in total. The molecular formula is C14H9BrClNO5S. The number of amides is 1. The number of sulfonamides is 1. The summed E-state index contributed by atoms with van der Waals surface area (Å²) in [6, 6.07) is 8.53. The fraction of sp³-hybridized carbons (Fsp3) is 0.0714. The van der Waals surface area contributed by atoms with E-state index in [0.29, 0.717) is 21.0 Å². The van der Waals surface area contributed by atoms with Crippen molar-refractivity contribution >= 4 is 43.5 Å². The summed E-state index contributed by atoms with van der Waals surface area (Å²) < 4.78 is 37.3. The normalized spacial score (nSPS) is 13.0. The molecule has 0 radical (unpaired) electrons. The molecule has 23 heavy (non-hydrogen) atoms. The second kappa shape index (κ2) is 6.03. The molecule has 120 valence electrons. The molecule has 0 atom stereocenters. The van der Waals surface area contributed by atoms with Gasteiger partial charge in [0.1, 0.15) is 0 Å². The van der Waals surface area contributed by atoms with E-state index in [4.69, 9.17) is 21.1 Å². The smallest absolute Gasteiger partial charge is 0.266 e. The quantitative estimate of drug-likeness (QED) is 0.829. The lowest BCUT2D eigenvalue weighted by molar-refractivity contribution is 0.0980. The van der Waals surface area contributed by atoms with Crippen molar-refractivity contribution in [1.82, 2.24) is 4.72 Å². The van der Waals surface area contributed by atoms with E-state index in [9.17, 15) is 13.2 Å². The number of rotatable bonds is 3. The SMILES string of the molecule is O=C(NS(=O)(=O)c1ccc2c(c1)OCO2)c1ccc(Cl)cc1Br. The van der Waals surface area contributed by atoms with E-state index in [2.05, 4.69) is 15.9 Å². The lowest BCUT2D eigenvalue weighted by atomic mass is 10.2. The maximum absolute atomic E-state index is 12.3. The molecule has 0 saturated carbocycles. The van der Waals surface area contributed by atoms with Gasteiger partial charge in [-0.2, -0.15) is 0 Å². The Balaban J connectivity index is 1.87. The standard InChI is InChI=1S/C14H9BrClNO5S/c15-11-5-8(16)1-3-10(11)14(18)17-23(19,20)9-2-4-12-13(6-9)22-7-21-12/h1-6H,7H2,(H,17,18). The number of benzene rings is 2. The van der Waals surface area contributed by atoms with Crippen molar-refractivity contribution in [2.45, 2.75) is 4.90 Å². The van der Waals surface area contributed by atoms with Crippen molar-refractivity contribution in [3.8, 4) is 11.5 Å². The Morgan fingerprint density at radius 3 is 2.61 bits per heavy atom. The third-order valence-corrected chi connectivity index (χ3v) is 5.28. The molecule has 9 heteroatoms. The molecule has 1 heterocycles. The number of nitrogens with one attached hydrogen (secondary N) is 1. The zero-order chi connectivity index (χ0) is 16.6. The van der Waals surface area contributed by atoms with E-state index >= 15 is 0 Å². The molecule has 0 spiro atoms. The van der Waals surface area contributed by atoms with Gasteiger partial charge in [-0.15, -0.1) is 0 Å². The van der Waals surface area contributed by atoms with E-state index < -0.39 is 15.9 Å². The van der Waals surface area contributed by atoms with Gasteiger partial charge in [-0.1, -0.05) is 11.6 Å². The average Bonchev–Trinajstić information content (AvgIpc) is 2.93. The predicted octanol–water partition coefficient (Wildman–Crippen LogP) is 2.95. The van der Waals surface area contributed by atoms with Crippen molar-refractivity contribution in [2.75, 3.05) is 6.79 Å². The van der Waals surface area contributed by atoms with Crippen LogP contribution in [0.5, 0.6) is 11.5 Å². The Morgan fingerprint density at radius 1 is 1.13 bits per heavy atom. The van der Waals surface area contributed by atoms with Crippen LogP contribution in [-0.2, 0) is 10.0 Å². The Kier molecular flexibility index (Phi) is 4.22. The zero-order valence-electron chi connectivity index (χ0n) is 11.4. The van der Waals surface area contributed by atoms with Crippen molar-refractivity contribution < 1.29 is 22.7 Å². The molecule has 1 aliphatic heterocycles. The van der Waals surface area contributed by atoms with Gasteiger partial charge >= 0.3 is 0 Å². The minimum Gasteiger partial charge on any atom is -0.454 e. The molecule has 6 nitrogen and oxygen atoms in total. The van der Waals surface area contributed by atoms with Gasteiger partial charge in [0.15, 0.2) is 11.5 Å². The Bertz CT molecular complexity index is 900. The van der Waals surface area contributed by atoms with Gasteiger partial charge in [0.05, 0.1) is 10.5 Å². The van der Waals surface area contributed by atoms with Crippen LogP contribution in [0.1, 0.15) is 10.4 Å². The van der Waals surface area contributed by atoms with Gasteiger partial charge < -0.3 is 9.47 Å². The fourth-order valence-electron chi connectivity index (χ4n) is 1.95. The number of hydrogen-bond donors (Lipinski definition) is 1. The molecule has 0 aromatic heterocycles. The summed E-state index contributed by atoms with van der Waals surface area (Å²) in [5.41, 5.74) is 0.152. The van der Waals surface area contributed by atoms with Crippen LogP contribution in [0.3, 0.4) is 0 Å². The highest BCUT2D eigenvalue weighted by Crippen LogP contribution is 2.33. The number of halogens is 2. The average molecular weight is 419 g/mol. The van der Waals surface area contributed by atoms with Gasteiger partial charge in [-0.05, 0) is 46.3 Å². The van der Waals surface area contributed by atoms with Crippen LogP contribution in [0.4, 0.5) is 0 Å². The molecule has 0 aliphatic carbocycles. The van der Waals surface area contributed by atoms with Gasteiger partial charge in [0.25, 0.3) is 15.9 Å². The van der Waals surface area contributed by atoms with Crippen LogP contribution in [0.25, 0.3) is 0 Å². The molecular weight excluding hydrogens is 410 g/mol. The fourth-order valence-corrected chi connectivity index (χ4v) is 3.80. The number of carbonyl (C=O) groups is 1. The largest absolute Gasteiger partial charge is 0.454 e. The van der Waals surface area contributed by atoms with Gasteiger partial charge in [0.2, 0.25) is 6.79 Å². The first-order valence-electron chi connectivity index (χ1n) is 6.29. The lowest BCUT2D eigenvalue weighted by Crippen LogP contribution is -2.30. The summed E-state index contributed by atoms with van der Waals surface area (Å²) in [5.74, 6) is -0.00470. The first-order chi connectivity index (χ1) is 10.9. The van der Waals surface area contributed by atoms with Crippen LogP contribution in [0, 0.1) is 0 Å². The summed E-state index contributed by atoms with van der Waals surface area (Å²) in [6.07, 6.45) is 0. The number of carbonyl (C=O) groups excluding carboxylic acids is 1. The van der Waals surface area contributed by atoms with E-state index in [1.54, 1.807) is 0 Å². The van der Waals surface area contributed by atoms with Crippen LogP contribution < -0.4 is 14.2 Å². The maximum Gasteiger partial charge on any atom is 0.266 e. The van der Waals surface area contributed by atoms with Gasteiger partial charge in [-0.25, -0.2) is 13.1 Å². The lowest BCUT2D eigenvalue weighted by Gasteiger charge is -2.09. The topological polar surface area (TPSA) is 81.7 Å². The third kappa shape index (κ3) is 3.29. The highest BCUT2D eigenvalue weighted by molar-refractivity contribution is 9.10. The summed E-state index contributed by atoms with van der Waals surface area (Å²) >= 11 is 8.97. The van der Waals surface area contributed by atoms with Crippen molar-refractivity contribution in [2.24, 2.45) is 0 Å². The highest BCUT2D eigenvalue weighted by Gasteiger charge is 2.23. The van der Waals surface area contributed by atoms with Crippen LogP contribution >= 0.6 is 27.5 Å². The molecule has 2 aromatic rings. The minimum atomic E-state index is -4.05. The highest BCUT2D eigenvalue weighted by atomic mass is 79.9. The van der Waals surface area contributed by atoms with Crippen LogP contribution in [0.15, 0.2) is 45.8 Å². The Hall–Kier alpha value is -1.77. The molecule has 2 aromatic carbocycles. The molecule has 0 unspecified atom stereocenters. The number of fused-ring (bicyclic) bond motifs is 1. The first-order valence-corrected chi connectivity index (χ1v) is 8.94. The van der Waals surface area contributed by atoms with Crippen molar-refractivity contribution in [3.05, 3.63) is 51.5 Å². The molecule has 1 amide bonds. The zero-order valence-corrected chi connectivity index (χ0v) is 14.5. The summed E-state index contributed by atoms with van der Waals surface area (Å²) in [7, 11) is -4.05. The monoisotopic (exact) mass is 417 g/mol. The number of hydrogen-bond acceptors (Lipinski definition) is 5. The van der Waals surface area contributed by atoms with Crippen molar-refractivity contribution in [1.29, 1.82) is 0 Å². The summed E-state index contributed by atoms with van der Waals surface area (Å²) in [4.78, 5) is 12.1. The van der Waals surface area contributed by atoms with Crippen molar-refractivity contribution in [3.63, 3.8) is 0 Å². The molecule has 0 saturated heterocycles. The first kappa shape index (κ1) is 16.1. The van der Waals surface area contributed by atoms with E-state index in [0.717, 1.165) is 0 Å². The summed E-state index contributed by atoms with van der Waals surface area (Å²) in [6.45, 7) is 0.0307. The summed E-state index contributed by atoms with van der Waals surface area (Å²) in [5, 5.41) is 0.423. The van der Waals surface area contributed by atoms with E-state index in [1.807, 2.05) is 4.72 Å². The van der Waals surface area contributed by atoms with Gasteiger partial charge in [0, 0.05) is 15.6 Å². The van der Waals surface area contributed by atoms with Gasteiger partial charge in [-0.3, -0.25) is 4.79 Å². The predicted molar refractivity (Wildman–Crippen MR) is 86.4 cm³/mol. The van der Waals surface area contributed by atoms with E-state index in [-0.39, 0.29) is 17.3 Å². The molecule has 3 rings (SSSR count).